The van der Waals surface area contributed by atoms with Gasteiger partial charge in [0.05, 0.1) is 17.1 Å². The Balaban J connectivity index is 1.91. The average Bonchev–Trinajstić information content (AvgIpc) is 2.62. The van der Waals surface area contributed by atoms with Crippen molar-refractivity contribution in [1.29, 1.82) is 0 Å². The zero-order valence-electron chi connectivity index (χ0n) is 14.4. The van der Waals surface area contributed by atoms with E-state index >= 15 is 0 Å². The van der Waals surface area contributed by atoms with Crippen molar-refractivity contribution in [1.82, 2.24) is 9.97 Å². The molecule has 1 aliphatic rings. The van der Waals surface area contributed by atoms with Crippen LogP contribution in [0.5, 0.6) is 0 Å². The van der Waals surface area contributed by atoms with Gasteiger partial charge in [0, 0.05) is 28.0 Å². The summed E-state index contributed by atoms with van der Waals surface area (Å²) in [4.78, 5) is 10.0. The first-order valence-corrected chi connectivity index (χ1v) is 9.77. The van der Waals surface area contributed by atoms with Gasteiger partial charge in [-0.3, -0.25) is 0 Å². The molecule has 4 heteroatoms. The molecule has 4 rings (SSSR count). The topological polar surface area (TPSA) is 37.8 Å². The van der Waals surface area contributed by atoms with Crippen molar-refractivity contribution in [3.05, 3.63) is 65.4 Å². The van der Waals surface area contributed by atoms with Gasteiger partial charge in [-0.1, -0.05) is 82.2 Å². The van der Waals surface area contributed by atoms with E-state index in [1.165, 1.54) is 11.1 Å². The van der Waals surface area contributed by atoms with Crippen molar-refractivity contribution in [3.63, 3.8) is 0 Å². The highest BCUT2D eigenvalue weighted by Crippen LogP contribution is 2.33. The van der Waals surface area contributed by atoms with E-state index in [1.807, 2.05) is 0 Å². The van der Waals surface area contributed by atoms with E-state index in [2.05, 4.69) is 90.3 Å². The molecule has 0 spiro atoms. The maximum atomic E-state index is 5.03. The molecule has 3 nitrogen and oxygen atoms in total. The molecule has 0 bridgehead atoms. The predicted octanol–water partition coefficient (Wildman–Crippen LogP) is 5.20. The fourth-order valence-corrected chi connectivity index (χ4v) is 3.71. The second-order valence-corrected chi connectivity index (χ2v) is 8.39. The number of anilines is 1. The highest BCUT2D eigenvalue weighted by molar-refractivity contribution is 14.1. The van der Waals surface area contributed by atoms with E-state index in [1.54, 1.807) is 0 Å². The van der Waals surface area contributed by atoms with E-state index in [0.717, 1.165) is 47.0 Å². The molecule has 0 aliphatic carbocycles. The van der Waals surface area contributed by atoms with Crippen LogP contribution >= 0.6 is 22.6 Å². The summed E-state index contributed by atoms with van der Waals surface area (Å²) >= 11 is 2.48. The summed E-state index contributed by atoms with van der Waals surface area (Å²) in [5.74, 6) is 0.930. The molecule has 1 N–H and O–H groups in total. The van der Waals surface area contributed by atoms with Crippen molar-refractivity contribution in [2.24, 2.45) is 0 Å². The Bertz CT molecular complexity index is 902. The molecule has 0 radical (unpaired) electrons. The van der Waals surface area contributed by atoms with Crippen LogP contribution in [0.25, 0.3) is 22.5 Å². The minimum atomic E-state index is 0.551. The summed E-state index contributed by atoms with van der Waals surface area (Å²) in [5.41, 5.74) is 7.70. The van der Waals surface area contributed by atoms with Crippen LogP contribution in [0.4, 0.5) is 5.82 Å². The van der Waals surface area contributed by atoms with Gasteiger partial charge < -0.3 is 5.32 Å². The molecule has 126 valence electrons. The number of halogens is 1. The molecule has 1 atom stereocenters. The van der Waals surface area contributed by atoms with E-state index in [-0.39, 0.29) is 0 Å². The number of aryl methyl sites for hydroxylation is 2. The smallest absolute Gasteiger partial charge is 0.148 e. The number of hydrogen-bond donors (Lipinski definition) is 1. The van der Waals surface area contributed by atoms with Crippen LogP contribution in [0, 0.1) is 13.8 Å². The number of hydrogen-bond acceptors (Lipinski definition) is 3. The van der Waals surface area contributed by atoms with Crippen LogP contribution in [0.3, 0.4) is 0 Å². The summed E-state index contributed by atoms with van der Waals surface area (Å²) in [5, 5.41) is 3.44. The summed E-state index contributed by atoms with van der Waals surface area (Å²) in [7, 11) is 0. The molecule has 1 aromatic heterocycles. The quantitative estimate of drug-likeness (QED) is 0.439. The van der Waals surface area contributed by atoms with Crippen molar-refractivity contribution >= 4 is 28.4 Å². The number of rotatable bonds is 2. The molecule has 0 amide bonds. The molecular formula is C21H20IN3. The average molecular weight is 441 g/mol. The molecule has 25 heavy (non-hydrogen) atoms. The molecular weight excluding hydrogens is 421 g/mol. The van der Waals surface area contributed by atoms with Crippen LogP contribution in [0.1, 0.15) is 16.8 Å². The molecule has 0 saturated carbocycles. The van der Waals surface area contributed by atoms with E-state index in [9.17, 15) is 0 Å². The lowest BCUT2D eigenvalue weighted by atomic mass is 10.0. The molecule has 2 aromatic carbocycles. The zero-order chi connectivity index (χ0) is 17.4. The first-order chi connectivity index (χ1) is 12.1. The van der Waals surface area contributed by atoms with E-state index in [0.29, 0.717) is 3.92 Å². The summed E-state index contributed by atoms with van der Waals surface area (Å²) in [6, 6.07) is 17.1. The lowest BCUT2D eigenvalue weighted by Crippen LogP contribution is -2.25. The number of alkyl halides is 1. The molecule has 1 aliphatic heterocycles. The third kappa shape index (κ3) is 3.40. The van der Waals surface area contributed by atoms with Gasteiger partial charge in [0.2, 0.25) is 0 Å². The normalized spacial score (nSPS) is 16.2. The summed E-state index contributed by atoms with van der Waals surface area (Å²) in [6.45, 7) is 5.15. The maximum Gasteiger partial charge on any atom is 0.148 e. The van der Waals surface area contributed by atoms with Crippen molar-refractivity contribution in [2.75, 3.05) is 11.9 Å². The third-order valence-corrected chi connectivity index (χ3v) is 5.40. The molecule has 3 aromatic rings. The van der Waals surface area contributed by atoms with Crippen molar-refractivity contribution < 1.29 is 0 Å². The van der Waals surface area contributed by atoms with Crippen molar-refractivity contribution in [3.8, 4) is 22.5 Å². The Morgan fingerprint density at radius 3 is 1.92 bits per heavy atom. The standard InChI is InChI=1S/C21H20IN3/c1-13-3-7-15(8-4-13)19-20(16-9-5-14(2)6-10-16)25-21-18(24-19)11-17(22)12-23-21/h3-10,17H,11-12H2,1-2H3,(H,23,25). The fourth-order valence-electron chi connectivity index (χ4n) is 3.07. The lowest BCUT2D eigenvalue weighted by molar-refractivity contribution is 0.829. The second-order valence-electron chi connectivity index (χ2n) is 6.63. The first-order valence-electron chi connectivity index (χ1n) is 8.53. The Hall–Kier alpha value is -1.95. The van der Waals surface area contributed by atoms with Gasteiger partial charge in [0.15, 0.2) is 0 Å². The zero-order valence-corrected chi connectivity index (χ0v) is 16.5. The Kier molecular flexibility index (Phi) is 4.46. The number of aromatic nitrogens is 2. The SMILES string of the molecule is Cc1ccc(-c2nc3c(nc2-c2ccc(C)cc2)NCC(I)C3)cc1. The van der Waals surface area contributed by atoms with Crippen LogP contribution in [-0.2, 0) is 6.42 Å². The second kappa shape index (κ2) is 6.75. The third-order valence-electron chi connectivity index (χ3n) is 4.52. The maximum absolute atomic E-state index is 5.03. The molecule has 1 unspecified atom stereocenters. The number of benzene rings is 2. The summed E-state index contributed by atoms with van der Waals surface area (Å²) < 4.78 is 0.551. The molecule has 2 heterocycles. The largest absolute Gasteiger partial charge is 0.367 e. The van der Waals surface area contributed by atoms with Crippen LogP contribution in [-0.4, -0.2) is 20.4 Å². The van der Waals surface area contributed by atoms with Gasteiger partial charge in [0.1, 0.15) is 5.82 Å². The van der Waals surface area contributed by atoms with Gasteiger partial charge in [-0.15, -0.1) is 0 Å². The lowest BCUT2D eigenvalue weighted by Gasteiger charge is -2.22. The van der Waals surface area contributed by atoms with Crippen LogP contribution in [0.2, 0.25) is 0 Å². The van der Waals surface area contributed by atoms with Crippen molar-refractivity contribution in [2.45, 2.75) is 24.2 Å². The monoisotopic (exact) mass is 441 g/mol. The summed E-state index contributed by atoms with van der Waals surface area (Å²) in [6.07, 6.45) is 0.961. The Morgan fingerprint density at radius 2 is 1.36 bits per heavy atom. The van der Waals surface area contributed by atoms with Crippen LogP contribution in [0.15, 0.2) is 48.5 Å². The minimum absolute atomic E-state index is 0.551. The predicted molar refractivity (Wildman–Crippen MR) is 112 cm³/mol. The highest BCUT2D eigenvalue weighted by atomic mass is 127. The number of fused-ring (bicyclic) bond motifs is 1. The van der Waals surface area contributed by atoms with Gasteiger partial charge in [0.25, 0.3) is 0 Å². The van der Waals surface area contributed by atoms with Gasteiger partial charge >= 0.3 is 0 Å². The van der Waals surface area contributed by atoms with Gasteiger partial charge in [-0.05, 0) is 13.8 Å². The van der Waals surface area contributed by atoms with Gasteiger partial charge in [-0.25, -0.2) is 9.97 Å². The van der Waals surface area contributed by atoms with E-state index < -0.39 is 0 Å². The Labute approximate surface area is 162 Å². The van der Waals surface area contributed by atoms with Crippen LogP contribution < -0.4 is 5.32 Å². The fraction of sp³-hybridized carbons (Fsp3) is 0.238. The van der Waals surface area contributed by atoms with E-state index in [4.69, 9.17) is 9.97 Å². The molecule has 0 saturated heterocycles. The number of nitrogens with zero attached hydrogens (tertiary/aromatic N) is 2. The molecule has 0 fully saturated rings. The van der Waals surface area contributed by atoms with Gasteiger partial charge in [-0.2, -0.15) is 0 Å². The highest BCUT2D eigenvalue weighted by Gasteiger charge is 2.22. The first kappa shape index (κ1) is 16.5. The Morgan fingerprint density at radius 1 is 0.840 bits per heavy atom. The minimum Gasteiger partial charge on any atom is -0.367 e. The number of nitrogens with one attached hydrogen (secondary N) is 1.